The normalized spacial score (nSPS) is 19.0. The van der Waals surface area contributed by atoms with Crippen LogP contribution in [-0.4, -0.2) is 40.3 Å². The van der Waals surface area contributed by atoms with Crippen LogP contribution in [-0.2, 0) is 4.79 Å². The van der Waals surface area contributed by atoms with E-state index in [4.69, 9.17) is 23.2 Å². The van der Waals surface area contributed by atoms with E-state index in [1.54, 1.807) is 0 Å². The summed E-state index contributed by atoms with van der Waals surface area (Å²) in [5.74, 6) is -0.497. The highest BCUT2D eigenvalue weighted by atomic mass is 35.5. The van der Waals surface area contributed by atoms with Gasteiger partial charge in [-0.15, -0.1) is 0 Å². The monoisotopic (exact) mass is 357 g/mol. The van der Waals surface area contributed by atoms with Gasteiger partial charge in [0.25, 0.3) is 5.91 Å². The first-order valence-corrected chi connectivity index (χ1v) is 8.49. The number of rotatable bonds is 4. The molecule has 1 aliphatic rings. The van der Waals surface area contributed by atoms with Gasteiger partial charge in [-0.25, -0.2) is 4.98 Å². The van der Waals surface area contributed by atoms with Crippen LogP contribution < -0.4 is 5.32 Å². The first-order chi connectivity index (χ1) is 10.8. The van der Waals surface area contributed by atoms with Crippen molar-refractivity contribution in [1.29, 1.82) is 0 Å². The molecule has 2 rings (SSSR count). The van der Waals surface area contributed by atoms with E-state index in [1.807, 2.05) is 25.7 Å². The first-order valence-electron chi connectivity index (χ1n) is 7.74. The second-order valence-electron chi connectivity index (χ2n) is 6.18. The summed E-state index contributed by atoms with van der Waals surface area (Å²) < 4.78 is 0. The van der Waals surface area contributed by atoms with Crippen LogP contribution in [0.15, 0.2) is 12.3 Å². The van der Waals surface area contributed by atoms with Crippen LogP contribution in [0.2, 0.25) is 10.2 Å². The molecule has 7 heteroatoms. The zero-order valence-corrected chi connectivity index (χ0v) is 15.0. The van der Waals surface area contributed by atoms with Crippen molar-refractivity contribution in [3.05, 3.63) is 28.0 Å². The number of carbonyl (C=O) groups excluding carboxylic acids is 2. The highest BCUT2D eigenvalue weighted by Crippen LogP contribution is 2.24. The quantitative estimate of drug-likeness (QED) is 0.841. The van der Waals surface area contributed by atoms with Gasteiger partial charge in [-0.3, -0.25) is 9.59 Å². The van der Waals surface area contributed by atoms with Crippen molar-refractivity contribution >= 4 is 35.0 Å². The molecule has 0 spiro atoms. The van der Waals surface area contributed by atoms with Gasteiger partial charge in [0.15, 0.2) is 0 Å². The molecule has 2 atom stereocenters. The highest BCUT2D eigenvalue weighted by Gasteiger charge is 2.33. The Bertz CT molecular complexity index is 607. The molecule has 0 saturated carbocycles. The average Bonchev–Trinajstić information content (AvgIpc) is 2.92. The number of aromatic nitrogens is 1. The second kappa shape index (κ2) is 7.49. The predicted molar refractivity (Wildman–Crippen MR) is 90.8 cm³/mol. The Kier molecular flexibility index (Phi) is 5.87. The van der Waals surface area contributed by atoms with E-state index >= 15 is 0 Å². The van der Waals surface area contributed by atoms with Crippen molar-refractivity contribution in [2.75, 3.05) is 6.54 Å². The maximum absolute atomic E-state index is 12.8. The van der Waals surface area contributed by atoms with E-state index in [1.165, 1.54) is 12.3 Å². The molecule has 0 aliphatic carbocycles. The fourth-order valence-electron chi connectivity index (χ4n) is 2.77. The number of nitrogens with zero attached hydrogens (tertiary/aromatic N) is 2. The lowest BCUT2D eigenvalue weighted by atomic mass is 10.0. The van der Waals surface area contributed by atoms with Crippen molar-refractivity contribution in [3.8, 4) is 0 Å². The Morgan fingerprint density at radius 2 is 2.09 bits per heavy atom. The molecule has 0 aromatic carbocycles. The molecule has 2 amide bonds. The molecule has 5 nitrogen and oxygen atoms in total. The Hall–Kier alpha value is -1.33. The van der Waals surface area contributed by atoms with Gasteiger partial charge in [0.1, 0.15) is 11.2 Å². The molecule has 1 aromatic rings. The zero-order chi connectivity index (χ0) is 17.1. The van der Waals surface area contributed by atoms with Crippen LogP contribution in [0.3, 0.4) is 0 Å². The van der Waals surface area contributed by atoms with Gasteiger partial charge in [0, 0.05) is 18.8 Å². The minimum atomic E-state index is -0.592. The van der Waals surface area contributed by atoms with Crippen LogP contribution in [0.4, 0.5) is 0 Å². The average molecular weight is 358 g/mol. The summed E-state index contributed by atoms with van der Waals surface area (Å²) in [7, 11) is 0. The molecule has 1 fully saturated rings. The van der Waals surface area contributed by atoms with Gasteiger partial charge in [-0.2, -0.15) is 0 Å². The fourth-order valence-corrected chi connectivity index (χ4v) is 3.12. The minimum absolute atomic E-state index is 0.0321. The fraction of sp³-hybridized carbons (Fsp3) is 0.562. The lowest BCUT2D eigenvalue weighted by molar-refractivity contribution is -0.134. The van der Waals surface area contributed by atoms with Crippen LogP contribution in [0.1, 0.15) is 44.0 Å². The van der Waals surface area contributed by atoms with Gasteiger partial charge >= 0.3 is 0 Å². The summed E-state index contributed by atoms with van der Waals surface area (Å²) in [5, 5.41) is 2.96. The third-order valence-corrected chi connectivity index (χ3v) is 4.91. The summed E-state index contributed by atoms with van der Waals surface area (Å²) in [6.07, 6.45) is 3.41. The molecule has 0 bridgehead atoms. The number of hydrogen-bond acceptors (Lipinski definition) is 3. The molecular formula is C16H21Cl2N3O2. The number of nitrogens with one attached hydrogen (secondary N) is 1. The van der Waals surface area contributed by atoms with Crippen LogP contribution >= 0.6 is 23.2 Å². The Morgan fingerprint density at radius 1 is 1.39 bits per heavy atom. The standard InChI is InChI=1S/C16H21Cl2N3O2/c1-9(2)13(16(23)21-8-4-5-10(21)3)20-15(22)11-6-7-19-14(18)12(11)17/h6-7,9-10,13H,4-5,8H2,1-3H3,(H,20,22)/t10?,13-/m0/s1. The van der Waals surface area contributed by atoms with E-state index in [0.717, 1.165) is 19.4 Å². The summed E-state index contributed by atoms with van der Waals surface area (Å²) >= 11 is 11.9. The lowest BCUT2D eigenvalue weighted by Gasteiger charge is -2.29. The summed E-state index contributed by atoms with van der Waals surface area (Å²) in [5.41, 5.74) is 0.222. The Labute approximate surface area is 146 Å². The topological polar surface area (TPSA) is 62.3 Å². The largest absolute Gasteiger partial charge is 0.340 e. The molecule has 1 aromatic heterocycles. The molecule has 1 aliphatic heterocycles. The van der Waals surface area contributed by atoms with Gasteiger partial charge in [-0.05, 0) is 31.7 Å². The lowest BCUT2D eigenvalue weighted by Crippen LogP contribution is -2.52. The maximum Gasteiger partial charge on any atom is 0.253 e. The van der Waals surface area contributed by atoms with Crippen molar-refractivity contribution in [3.63, 3.8) is 0 Å². The third kappa shape index (κ3) is 3.96. The molecule has 126 valence electrons. The van der Waals surface area contributed by atoms with Crippen molar-refractivity contribution in [2.24, 2.45) is 5.92 Å². The number of carbonyl (C=O) groups is 2. The zero-order valence-electron chi connectivity index (χ0n) is 13.5. The number of pyridine rings is 1. The van der Waals surface area contributed by atoms with E-state index < -0.39 is 11.9 Å². The molecular weight excluding hydrogens is 337 g/mol. The second-order valence-corrected chi connectivity index (χ2v) is 6.92. The van der Waals surface area contributed by atoms with Crippen LogP contribution in [0.5, 0.6) is 0 Å². The van der Waals surface area contributed by atoms with Gasteiger partial charge in [-0.1, -0.05) is 37.0 Å². The van der Waals surface area contributed by atoms with Crippen LogP contribution in [0, 0.1) is 5.92 Å². The molecule has 1 unspecified atom stereocenters. The summed E-state index contributed by atoms with van der Waals surface area (Å²) in [6.45, 7) is 6.58. The maximum atomic E-state index is 12.8. The molecule has 23 heavy (non-hydrogen) atoms. The molecule has 0 radical (unpaired) electrons. The molecule has 2 heterocycles. The molecule has 1 saturated heterocycles. The Morgan fingerprint density at radius 3 is 2.65 bits per heavy atom. The number of halogens is 2. The van der Waals surface area contributed by atoms with E-state index in [2.05, 4.69) is 10.3 Å². The van der Waals surface area contributed by atoms with Gasteiger partial charge < -0.3 is 10.2 Å². The Balaban J connectivity index is 2.17. The van der Waals surface area contributed by atoms with Crippen molar-refractivity contribution in [2.45, 2.75) is 45.7 Å². The SMILES string of the molecule is CC(C)[C@H](NC(=O)c1ccnc(Cl)c1Cl)C(=O)N1CCCC1C. The summed E-state index contributed by atoms with van der Waals surface area (Å²) in [4.78, 5) is 30.9. The number of amides is 2. The smallest absolute Gasteiger partial charge is 0.253 e. The minimum Gasteiger partial charge on any atom is -0.340 e. The predicted octanol–water partition coefficient (Wildman–Crippen LogP) is 3.15. The highest BCUT2D eigenvalue weighted by molar-refractivity contribution is 6.43. The number of likely N-dealkylation sites (tertiary alicyclic amines) is 1. The van der Waals surface area contributed by atoms with E-state index in [0.29, 0.717) is 0 Å². The van der Waals surface area contributed by atoms with Crippen molar-refractivity contribution in [1.82, 2.24) is 15.2 Å². The number of hydrogen-bond donors (Lipinski definition) is 1. The van der Waals surface area contributed by atoms with Crippen LogP contribution in [0.25, 0.3) is 0 Å². The van der Waals surface area contributed by atoms with Gasteiger partial charge in [0.2, 0.25) is 5.91 Å². The third-order valence-electron chi connectivity index (χ3n) is 4.15. The summed E-state index contributed by atoms with van der Waals surface area (Å²) in [6, 6.07) is 1.11. The molecule has 1 N–H and O–H groups in total. The first kappa shape index (κ1) is 18.0. The van der Waals surface area contributed by atoms with Crippen molar-refractivity contribution < 1.29 is 9.59 Å². The van der Waals surface area contributed by atoms with E-state index in [-0.39, 0.29) is 33.6 Å². The van der Waals surface area contributed by atoms with Gasteiger partial charge in [0.05, 0.1) is 10.6 Å². The van der Waals surface area contributed by atoms with E-state index in [9.17, 15) is 9.59 Å².